The number of hydrogen-bond acceptors (Lipinski definition) is 7. The monoisotopic (exact) mass is 404 g/mol. The van der Waals surface area contributed by atoms with Crippen molar-refractivity contribution >= 4 is 24.2 Å². The fraction of sp³-hybridized carbons (Fsp3) is 0.545. The molecule has 7 nitrogen and oxygen atoms in total. The van der Waals surface area contributed by atoms with E-state index in [2.05, 4.69) is 6.58 Å². The van der Waals surface area contributed by atoms with Crippen LogP contribution in [0, 0.1) is 11.8 Å². The van der Waals surface area contributed by atoms with Crippen molar-refractivity contribution < 1.29 is 33.4 Å². The van der Waals surface area contributed by atoms with E-state index in [4.69, 9.17) is 14.2 Å². The number of allylic oxidation sites excluding steroid dienone is 1. The molecular formula is C22H28O7. The van der Waals surface area contributed by atoms with Crippen molar-refractivity contribution in [2.24, 2.45) is 11.8 Å². The quantitative estimate of drug-likeness (QED) is 0.221. The number of ether oxygens (including phenoxy) is 3. The Balaban J connectivity index is 2.41. The second-order valence-electron chi connectivity index (χ2n) is 7.45. The van der Waals surface area contributed by atoms with Crippen LogP contribution in [0.2, 0.25) is 0 Å². The zero-order chi connectivity index (χ0) is 21.6. The molecule has 0 aromatic heterocycles. The molecule has 2 aliphatic rings. The van der Waals surface area contributed by atoms with Crippen LogP contribution < -0.4 is 0 Å². The van der Waals surface area contributed by atoms with Gasteiger partial charge in [-0.3, -0.25) is 14.4 Å². The minimum atomic E-state index is -0.763. The Labute approximate surface area is 170 Å². The molecular weight excluding hydrogens is 376 g/mol. The average Bonchev–Trinajstić information content (AvgIpc) is 2.96. The summed E-state index contributed by atoms with van der Waals surface area (Å²) in [4.78, 5) is 47.4. The summed E-state index contributed by atoms with van der Waals surface area (Å²) in [5.41, 5.74) is 1.44. The molecule has 0 aromatic carbocycles. The molecule has 0 radical (unpaired) electrons. The molecule has 4 atom stereocenters. The van der Waals surface area contributed by atoms with Gasteiger partial charge in [0.05, 0.1) is 11.8 Å². The fourth-order valence-electron chi connectivity index (χ4n) is 3.34. The molecule has 1 aliphatic carbocycles. The Bertz CT molecular complexity index is 746. The third-order valence-electron chi connectivity index (χ3n) is 5.27. The standard InChI is InChI=1S/C22H28O7/c1-5-13(2)21(25)28-18-9-16(11-23)7-6-8-17(12-27-15(4)24)10-19-20(18)14(3)22(26)29-19/h7,10-11,13,18-20H,3,5-6,8-9,12H2,1-2,4H3/b16-7-,17-10-/t13-,18+,19+,20+/m0/s1. The Morgan fingerprint density at radius 1 is 1.41 bits per heavy atom. The second-order valence-corrected chi connectivity index (χ2v) is 7.45. The minimum absolute atomic E-state index is 0.0597. The summed E-state index contributed by atoms with van der Waals surface area (Å²) in [6, 6.07) is 0. The summed E-state index contributed by atoms with van der Waals surface area (Å²) in [6.07, 6.45) is 4.65. The van der Waals surface area contributed by atoms with E-state index in [1.807, 2.05) is 6.92 Å². The van der Waals surface area contributed by atoms with E-state index < -0.39 is 36.0 Å². The maximum absolute atomic E-state index is 12.4. The van der Waals surface area contributed by atoms with Crippen molar-refractivity contribution in [3.63, 3.8) is 0 Å². The summed E-state index contributed by atoms with van der Waals surface area (Å²) in [5.74, 6) is -2.31. The van der Waals surface area contributed by atoms with Crippen molar-refractivity contribution in [1.82, 2.24) is 0 Å². The zero-order valence-corrected chi connectivity index (χ0v) is 17.1. The molecule has 0 aromatic rings. The molecule has 1 heterocycles. The lowest BCUT2D eigenvalue weighted by atomic mass is 9.85. The van der Waals surface area contributed by atoms with Gasteiger partial charge >= 0.3 is 17.9 Å². The number of aldehydes is 1. The first-order chi connectivity index (χ1) is 13.8. The number of carbonyl (C=O) groups is 4. The van der Waals surface area contributed by atoms with Gasteiger partial charge in [-0.1, -0.05) is 26.5 Å². The lowest BCUT2D eigenvalue weighted by Crippen LogP contribution is -2.35. The van der Waals surface area contributed by atoms with E-state index in [9.17, 15) is 19.2 Å². The molecule has 0 saturated carbocycles. The predicted molar refractivity (Wildman–Crippen MR) is 105 cm³/mol. The molecule has 1 saturated heterocycles. The van der Waals surface area contributed by atoms with Gasteiger partial charge in [-0.25, -0.2) is 4.79 Å². The van der Waals surface area contributed by atoms with Crippen LogP contribution in [-0.4, -0.2) is 43.0 Å². The maximum Gasteiger partial charge on any atom is 0.334 e. The average molecular weight is 404 g/mol. The predicted octanol–water partition coefficient (Wildman–Crippen LogP) is 2.84. The summed E-state index contributed by atoms with van der Waals surface area (Å²) in [5, 5.41) is 0. The molecule has 0 N–H and O–H groups in total. The lowest BCUT2D eigenvalue weighted by molar-refractivity contribution is -0.156. The van der Waals surface area contributed by atoms with E-state index in [0.717, 1.165) is 11.9 Å². The van der Waals surface area contributed by atoms with E-state index in [-0.39, 0.29) is 24.5 Å². The SMILES string of the molecule is C=C1C(=O)O[C@@H]2/C=C(\COC(C)=O)CC/C=C(\C=O)C[C@@H](OC(=O)[C@@H](C)CC)[C@@H]12. The van der Waals surface area contributed by atoms with E-state index >= 15 is 0 Å². The summed E-state index contributed by atoms with van der Waals surface area (Å²) < 4.78 is 16.3. The van der Waals surface area contributed by atoms with E-state index in [1.165, 1.54) is 6.92 Å². The first-order valence-electron chi connectivity index (χ1n) is 9.84. The Hall–Kier alpha value is -2.70. The highest BCUT2D eigenvalue weighted by molar-refractivity contribution is 5.91. The Morgan fingerprint density at radius 2 is 2.14 bits per heavy atom. The van der Waals surface area contributed by atoms with Gasteiger partial charge in [0.25, 0.3) is 0 Å². The van der Waals surface area contributed by atoms with Crippen LogP contribution in [0.3, 0.4) is 0 Å². The summed E-state index contributed by atoms with van der Waals surface area (Å²) in [6.45, 7) is 8.85. The van der Waals surface area contributed by atoms with Crippen molar-refractivity contribution in [3.05, 3.63) is 35.5 Å². The number of fused-ring (bicyclic) bond motifs is 1. The van der Waals surface area contributed by atoms with Gasteiger partial charge in [0.15, 0.2) is 0 Å². The molecule has 0 bridgehead atoms. The Morgan fingerprint density at radius 3 is 2.76 bits per heavy atom. The van der Waals surface area contributed by atoms with Crippen molar-refractivity contribution in [2.45, 2.75) is 58.7 Å². The summed E-state index contributed by atoms with van der Waals surface area (Å²) in [7, 11) is 0. The minimum Gasteiger partial charge on any atom is -0.461 e. The highest BCUT2D eigenvalue weighted by atomic mass is 16.6. The molecule has 29 heavy (non-hydrogen) atoms. The first kappa shape index (κ1) is 22.6. The van der Waals surface area contributed by atoms with Crippen LogP contribution in [-0.2, 0) is 33.4 Å². The molecule has 1 fully saturated rings. The van der Waals surface area contributed by atoms with Gasteiger partial charge in [-0.05, 0) is 36.5 Å². The van der Waals surface area contributed by atoms with Gasteiger partial charge in [-0.2, -0.15) is 0 Å². The number of rotatable bonds is 6. The smallest absolute Gasteiger partial charge is 0.334 e. The van der Waals surface area contributed by atoms with Gasteiger partial charge < -0.3 is 14.2 Å². The maximum atomic E-state index is 12.4. The van der Waals surface area contributed by atoms with Gasteiger partial charge in [-0.15, -0.1) is 0 Å². The normalized spacial score (nSPS) is 29.3. The van der Waals surface area contributed by atoms with Crippen LogP contribution in [0.25, 0.3) is 0 Å². The molecule has 0 amide bonds. The zero-order valence-electron chi connectivity index (χ0n) is 17.1. The highest BCUT2D eigenvalue weighted by Crippen LogP contribution is 2.36. The van der Waals surface area contributed by atoms with Crippen LogP contribution in [0.1, 0.15) is 46.5 Å². The molecule has 158 valence electrons. The Kier molecular flexibility index (Phi) is 7.93. The van der Waals surface area contributed by atoms with E-state index in [0.29, 0.717) is 24.8 Å². The highest BCUT2D eigenvalue weighted by Gasteiger charge is 2.45. The first-order valence-corrected chi connectivity index (χ1v) is 9.84. The van der Waals surface area contributed by atoms with Crippen LogP contribution in [0.5, 0.6) is 0 Å². The third kappa shape index (κ3) is 5.89. The molecule has 2 rings (SSSR count). The van der Waals surface area contributed by atoms with Crippen LogP contribution >= 0.6 is 0 Å². The van der Waals surface area contributed by atoms with Gasteiger partial charge in [0.1, 0.15) is 25.1 Å². The van der Waals surface area contributed by atoms with Crippen LogP contribution in [0.15, 0.2) is 35.5 Å². The second kappa shape index (κ2) is 10.2. The number of carbonyl (C=O) groups excluding carboxylic acids is 4. The van der Waals surface area contributed by atoms with Gasteiger partial charge in [0.2, 0.25) is 0 Å². The molecule has 1 aliphatic heterocycles. The van der Waals surface area contributed by atoms with Crippen molar-refractivity contribution in [3.8, 4) is 0 Å². The molecule has 0 unspecified atom stereocenters. The molecule has 0 spiro atoms. The lowest BCUT2D eigenvalue weighted by Gasteiger charge is -2.28. The number of hydrogen-bond donors (Lipinski definition) is 0. The topological polar surface area (TPSA) is 96.0 Å². The fourth-order valence-corrected chi connectivity index (χ4v) is 3.34. The largest absolute Gasteiger partial charge is 0.461 e. The van der Waals surface area contributed by atoms with Crippen LogP contribution in [0.4, 0.5) is 0 Å². The van der Waals surface area contributed by atoms with E-state index in [1.54, 1.807) is 19.1 Å². The number of esters is 3. The third-order valence-corrected chi connectivity index (χ3v) is 5.27. The van der Waals surface area contributed by atoms with Gasteiger partial charge in [0, 0.05) is 18.9 Å². The summed E-state index contributed by atoms with van der Waals surface area (Å²) >= 11 is 0. The molecule has 7 heteroatoms. The van der Waals surface area contributed by atoms with Crippen molar-refractivity contribution in [2.75, 3.05) is 6.61 Å². The van der Waals surface area contributed by atoms with Crippen molar-refractivity contribution in [1.29, 1.82) is 0 Å².